The first-order chi connectivity index (χ1) is 22.3. The van der Waals surface area contributed by atoms with Crippen LogP contribution >= 0.6 is 0 Å². The normalized spacial score (nSPS) is 18.7. The first-order valence-corrected chi connectivity index (χ1v) is 18.1. The van der Waals surface area contributed by atoms with Crippen LogP contribution in [0.3, 0.4) is 0 Å². The van der Waals surface area contributed by atoms with Gasteiger partial charge < -0.3 is 9.32 Å². The molecular formula is C45H52BNO. The maximum Gasteiger partial charge on any atom is 0.292 e. The largest absolute Gasteiger partial charge is 0.470 e. The molecule has 246 valence electrons. The van der Waals surface area contributed by atoms with Crippen molar-refractivity contribution in [2.24, 2.45) is 0 Å². The van der Waals surface area contributed by atoms with Crippen molar-refractivity contribution in [1.82, 2.24) is 0 Å². The number of fused-ring (bicyclic) bond motifs is 7. The highest BCUT2D eigenvalue weighted by molar-refractivity contribution is 6.98. The molecule has 0 radical (unpaired) electrons. The summed E-state index contributed by atoms with van der Waals surface area (Å²) in [4.78, 5) is 2.58. The number of hydrogen-bond acceptors (Lipinski definition) is 2. The first-order valence-electron chi connectivity index (χ1n) is 18.1. The predicted octanol–water partition coefficient (Wildman–Crippen LogP) is 10.3. The third-order valence-electron chi connectivity index (χ3n) is 12.3. The van der Waals surface area contributed by atoms with Crippen molar-refractivity contribution >= 4 is 51.3 Å². The fourth-order valence-electron chi connectivity index (χ4n) is 9.13. The van der Waals surface area contributed by atoms with Crippen molar-refractivity contribution in [2.45, 2.75) is 123 Å². The quantitative estimate of drug-likeness (QED) is 0.168. The summed E-state index contributed by atoms with van der Waals surface area (Å²) in [5, 5.41) is 1.26. The standard InChI is InChI=1S/C45H52BNO/c1-41(2,3)27-17-20-37-30(23-27)38-40(48-37)46-34-15-13-14-16-35(34)47(29-18-19-31-32(26-29)44(9,10)22-21-43(31,7)8)36-25-28(42(4,5)6)24-33(39(36)46)45(38,11)12/h13-20,23-26H,21-22H2,1-12H3. The number of hydrogen-bond donors (Lipinski definition) is 0. The second-order valence-electron chi connectivity index (χ2n) is 19.0. The molecule has 3 heterocycles. The van der Waals surface area contributed by atoms with E-state index < -0.39 is 0 Å². The molecular weight excluding hydrogens is 581 g/mol. The molecule has 3 aliphatic rings. The van der Waals surface area contributed by atoms with Crippen LogP contribution in [-0.2, 0) is 27.1 Å². The van der Waals surface area contributed by atoms with Gasteiger partial charge in [-0.2, -0.15) is 0 Å². The van der Waals surface area contributed by atoms with Crippen LogP contribution < -0.4 is 21.5 Å². The van der Waals surface area contributed by atoms with Crippen molar-refractivity contribution in [1.29, 1.82) is 0 Å². The Hall–Kier alpha value is -3.72. The van der Waals surface area contributed by atoms with E-state index in [-0.39, 0.29) is 33.8 Å². The minimum atomic E-state index is -0.251. The number of benzene rings is 4. The third kappa shape index (κ3) is 4.38. The van der Waals surface area contributed by atoms with Gasteiger partial charge in [0.15, 0.2) is 0 Å². The van der Waals surface area contributed by atoms with E-state index in [0.29, 0.717) is 0 Å². The molecule has 3 heteroatoms. The molecule has 48 heavy (non-hydrogen) atoms. The lowest BCUT2D eigenvalue weighted by atomic mass is 9.32. The smallest absolute Gasteiger partial charge is 0.292 e. The van der Waals surface area contributed by atoms with Crippen LogP contribution in [0, 0.1) is 0 Å². The molecule has 8 rings (SSSR count). The summed E-state index contributed by atoms with van der Waals surface area (Å²) in [7, 11) is 0. The van der Waals surface area contributed by atoms with Crippen LogP contribution in [0.1, 0.15) is 129 Å². The van der Waals surface area contributed by atoms with Crippen molar-refractivity contribution in [3.63, 3.8) is 0 Å². The summed E-state index contributed by atoms with van der Waals surface area (Å²) in [6, 6.07) is 28.4. The number of rotatable bonds is 1. The van der Waals surface area contributed by atoms with E-state index in [2.05, 4.69) is 161 Å². The van der Waals surface area contributed by atoms with Gasteiger partial charge in [0.1, 0.15) is 5.58 Å². The van der Waals surface area contributed by atoms with E-state index in [1.165, 1.54) is 79.6 Å². The molecule has 5 aromatic rings. The zero-order valence-corrected chi connectivity index (χ0v) is 31.3. The molecule has 0 saturated carbocycles. The average molecular weight is 634 g/mol. The number of anilines is 3. The van der Waals surface area contributed by atoms with Crippen LogP contribution in [0.4, 0.5) is 17.1 Å². The SMILES string of the molecule is CC(C)(C)c1cc2c3c(c1)C(C)(C)c1c(oc4ccc(C(C)(C)C)cc14)B3c1ccccc1N2c1ccc2c(c1)C(C)(C)CCC2(C)C. The van der Waals surface area contributed by atoms with E-state index in [1.807, 2.05) is 0 Å². The van der Waals surface area contributed by atoms with E-state index in [9.17, 15) is 0 Å². The first kappa shape index (κ1) is 31.5. The average Bonchev–Trinajstić information content (AvgIpc) is 3.40. The lowest BCUT2D eigenvalue weighted by Crippen LogP contribution is -2.63. The highest BCUT2D eigenvalue weighted by Crippen LogP contribution is 2.50. The molecule has 1 aromatic heterocycles. The van der Waals surface area contributed by atoms with Gasteiger partial charge in [0.25, 0.3) is 6.71 Å². The Morgan fingerprint density at radius 1 is 0.646 bits per heavy atom. The summed E-state index contributed by atoms with van der Waals surface area (Å²) in [6.45, 7) is 28.6. The van der Waals surface area contributed by atoms with Crippen molar-refractivity contribution in [3.8, 4) is 0 Å². The fourth-order valence-corrected chi connectivity index (χ4v) is 9.13. The Kier molecular flexibility index (Phi) is 6.38. The van der Waals surface area contributed by atoms with Crippen molar-refractivity contribution in [2.75, 3.05) is 4.90 Å². The van der Waals surface area contributed by atoms with Gasteiger partial charge in [-0.05, 0) is 110 Å². The van der Waals surface area contributed by atoms with Gasteiger partial charge in [0, 0.05) is 33.4 Å². The molecule has 1 aliphatic carbocycles. The Morgan fingerprint density at radius 3 is 2.00 bits per heavy atom. The minimum absolute atomic E-state index is 0.0141. The summed E-state index contributed by atoms with van der Waals surface area (Å²) in [6.07, 6.45) is 2.41. The molecule has 4 aromatic carbocycles. The Balaban J connectivity index is 1.46. The lowest BCUT2D eigenvalue weighted by Gasteiger charge is -2.45. The predicted molar refractivity (Wildman–Crippen MR) is 207 cm³/mol. The highest BCUT2D eigenvalue weighted by Gasteiger charge is 2.50. The van der Waals surface area contributed by atoms with Gasteiger partial charge in [0.2, 0.25) is 0 Å². The molecule has 0 amide bonds. The van der Waals surface area contributed by atoms with Crippen LogP contribution in [0.5, 0.6) is 0 Å². The zero-order chi connectivity index (χ0) is 34.3. The van der Waals surface area contributed by atoms with Crippen LogP contribution in [0.15, 0.2) is 77.2 Å². The van der Waals surface area contributed by atoms with E-state index in [4.69, 9.17) is 4.42 Å². The van der Waals surface area contributed by atoms with Gasteiger partial charge in [-0.1, -0.05) is 119 Å². The van der Waals surface area contributed by atoms with Crippen molar-refractivity contribution < 1.29 is 4.42 Å². The monoisotopic (exact) mass is 633 g/mol. The second kappa shape index (κ2) is 9.71. The molecule has 2 aliphatic heterocycles. The van der Waals surface area contributed by atoms with E-state index in [0.717, 1.165) is 11.2 Å². The number of nitrogens with zero attached hydrogens (tertiary/aromatic N) is 1. The molecule has 2 nitrogen and oxygen atoms in total. The topological polar surface area (TPSA) is 16.4 Å². The summed E-state index contributed by atoms with van der Waals surface area (Å²) >= 11 is 0. The molecule has 0 fully saturated rings. The highest BCUT2D eigenvalue weighted by atomic mass is 16.3. The van der Waals surface area contributed by atoms with Gasteiger partial charge in [-0.25, -0.2) is 0 Å². The van der Waals surface area contributed by atoms with Gasteiger partial charge >= 0.3 is 0 Å². The van der Waals surface area contributed by atoms with Gasteiger partial charge in [-0.15, -0.1) is 0 Å². The Morgan fingerprint density at radius 2 is 1.31 bits per heavy atom. The Labute approximate surface area is 289 Å². The van der Waals surface area contributed by atoms with E-state index >= 15 is 0 Å². The number of para-hydroxylation sites is 1. The van der Waals surface area contributed by atoms with Crippen LogP contribution in [0.2, 0.25) is 0 Å². The molecule has 0 saturated heterocycles. The van der Waals surface area contributed by atoms with Gasteiger partial charge in [-0.3, -0.25) is 0 Å². The summed E-state index contributed by atoms with van der Waals surface area (Å²) in [5.41, 5.74) is 17.2. The molecule has 0 N–H and O–H groups in total. The van der Waals surface area contributed by atoms with Crippen LogP contribution in [-0.4, -0.2) is 6.71 Å². The third-order valence-corrected chi connectivity index (χ3v) is 12.3. The molecule has 0 bridgehead atoms. The van der Waals surface area contributed by atoms with Gasteiger partial charge in [0.05, 0.1) is 5.66 Å². The maximum absolute atomic E-state index is 7.04. The lowest BCUT2D eigenvalue weighted by molar-refractivity contribution is 0.332. The van der Waals surface area contributed by atoms with E-state index in [1.54, 1.807) is 0 Å². The maximum atomic E-state index is 7.04. The second-order valence-corrected chi connectivity index (χ2v) is 19.0. The Bertz CT molecular complexity index is 2140. The summed E-state index contributed by atoms with van der Waals surface area (Å²) in [5.74, 6) is 0. The summed E-state index contributed by atoms with van der Waals surface area (Å²) < 4.78 is 7.04. The van der Waals surface area contributed by atoms with Crippen molar-refractivity contribution in [3.05, 3.63) is 106 Å². The fraction of sp³-hybridized carbons (Fsp3) is 0.422. The van der Waals surface area contributed by atoms with Crippen LogP contribution in [0.25, 0.3) is 11.0 Å². The molecule has 0 spiro atoms. The zero-order valence-electron chi connectivity index (χ0n) is 31.3. The molecule has 0 atom stereocenters. The minimum Gasteiger partial charge on any atom is -0.470 e. The number of furan rings is 1. The molecule has 0 unspecified atom stereocenters.